The summed E-state index contributed by atoms with van der Waals surface area (Å²) in [6.07, 6.45) is 3.85. The van der Waals surface area contributed by atoms with Crippen molar-refractivity contribution in [2.75, 3.05) is 19.5 Å². The van der Waals surface area contributed by atoms with Crippen LogP contribution in [-0.2, 0) is 9.47 Å². The van der Waals surface area contributed by atoms with E-state index in [4.69, 9.17) is 21.1 Å². The van der Waals surface area contributed by atoms with Gasteiger partial charge in [-0.1, -0.05) is 17.7 Å². The molecule has 0 amide bonds. The van der Waals surface area contributed by atoms with E-state index in [1.54, 1.807) is 14.2 Å². The number of nitrogens with zero attached hydrogens (tertiary/aromatic N) is 2. The van der Waals surface area contributed by atoms with Crippen LogP contribution in [0.2, 0.25) is 0 Å². The molecule has 0 bridgehead atoms. The van der Waals surface area contributed by atoms with E-state index in [1.165, 1.54) is 5.56 Å². The number of halogens is 1. The van der Waals surface area contributed by atoms with Gasteiger partial charge in [-0.25, -0.2) is 9.98 Å². The van der Waals surface area contributed by atoms with Gasteiger partial charge in [0, 0.05) is 5.69 Å². The molecule has 1 aromatic carbocycles. The fourth-order valence-electron chi connectivity index (χ4n) is 2.60. The molecule has 6 heteroatoms. The maximum absolute atomic E-state index is 6.08. The summed E-state index contributed by atoms with van der Waals surface area (Å²) >= 11 is 6.08. The van der Waals surface area contributed by atoms with Gasteiger partial charge in [-0.15, -0.1) is 0 Å². The minimum Gasteiger partial charge on any atom is -0.493 e. The Morgan fingerprint density at radius 3 is 2.35 bits per heavy atom. The molecule has 0 fully saturated rings. The smallest absolute Gasteiger partial charge is 0.220 e. The quantitative estimate of drug-likeness (QED) is 0.863. The first-order valence-corrected chi connectivity index (χ1v) is 7.66. The second-order valence-electron chi connectivity index (χ2n) is 5.37. The van der Waals surface area contributed by atoms with E-state index in [2.05, 4.69) is 15.3 Å². The van der Waals surface area contributed by atoms with E-state index in [0.717, 1.165) is 11.5 Å². The number of aliphatic imine (C=N–C) groups is 2. The third kappa shape index (κ3) is 3.24. The fraction of sp³-hybridized carbons (Fsp3) is 0.294. The van der Waals surface area contributed by atoms with E-state index in [1.807, 2.05) is 43.3 Å². The Morgan fingerprint density at radius 1 is 1.04 bits per heavy atom. The molecule has 0 aromatic heterocycles. The molecule has 0 radical (unpaired) electrons. The largest absolute Gasteiger partial charge is 0.493 e. The van der Waals surface area contributed by atoms with E-state index in [0.29, 0.717) is 11.5 Å². The van der Waals surface area contributed by atoms with Gasteiger partial charge in [0.15, 0.2) is 11.5 Å². The Hall–Kier alpha value is -2.27. The number of methoxy groups -OCH3 is 2. The van der Waals surface area contributed by atoms with Crippen LogP contribution in [0.25, 0.3) is 0 Å². The fourth-order valence-corrected chi connectivity index (χ4v) is 2.81. The van der Waals surface area contributed by atoms with Gasteiger partial charge in [-0.3, -0.25) is 0 Å². The molecule has 2 aliphatic rings. The van der Waals surface area contributed by atoms with Crippen LogP contribution < -0.4 is 5.32 Å². The average Bonchev–Trinajstić information content (AvgIpc) is 2.55. The predicted molar refractivity (Wildman–Crippen MR) is 93.0 cm³/mol. The van der Waals surface area contributed by atoms with E-state index in [-0.39, 0.29) is 17.3 Å². The number of hydrogen-bond donors (Lipinski definition) is 1. The predicted octanol–water partition coefficient (Wildman–Crippen LogP) is 3.47. The zero-order valence-corrected chi connectivity index (χ0v) is 14.0. The van der Waals surface area contributed by atoms with Gasteiger partial charge in [-0.05, 0) is 42.8 Å². The molecule has 3 rings (SSSR count). The Morgan fingerprint density at radius 2 is 1.70 bits per heavy atom. The highest BCUT2D eigenvalue weighted by atomic mass is 35.5. The van der Waals surface area contributed by atoms with Crippen LogP contribution in [0.1, 0.15) is 5.56 Å². The standard InChI is InChI=1S/C17H18ClN3O2/c1-10-4-6-11(7-5-10)19-16-12-8-14(22-2)15(23-3)9-13(12)20-17(18)21-16/h4-9,12-13H,1-3H3,(H,19,20,21). The molecule has 1 N–H and O–H groups in total. The Bertz CT molecular complexity index is 720. The van der Waals surface area contributed by atoms with Crippen LogP contribution >= 0.6 is 11.6 Å². The van der Waals surface area contributed by atoms with Crippen molar-refractivity contribution in [2.24, 2.45) is 15.9 Å². The summed E-state index contributed by atoms with van der Waals surface area (Å²) in [5.41, 5.74) is 2.15. The van der Waals surface area contributed by atoms with Gasteiger partial charge in [0.2, 0.25) is 5.29 Å². The van der Waals surface area contributed by atoms with Crippen molar-refractivity contribution in [3.63, 3.8) is 0 Å². The Labute approximate surface area is 140 Å². The van der Waals surface area contributed by atoms with Crippen molar-refractivity contribution in [2.45, 2.75) is 13.0 Å². The number of ether oxygens (including phenoxy) is 2. The van der Waals surface area contributed by atoms with Crippen LogP contribution in [0, 0.1) is 12.8 Å². The molecule has 1 aliphatic carbocycles. The summed E-state index contributed by atoms with van der Waals surface area (Å²) in [4.78, 5) is 8.73. The number of fused-ring (bicyclic) bond motifs is 1. The van der Waals surface area contributed by atoms with Gasteiger partial charge in [-0.2, -0.15) is 0 Å². The van der Waals surface area contributed by atoms with Crippen molar-refractivity contribution in [3.8, 4) is 0 Å². The van der Waals surface area contributed by atoms with Crippen LogP contribution in [0.5, 0.6) is 0 Å². The van der Waals surface area contributed by atoms with Gasteiger partial charge in [0.05, 0.1) is 26.2 Å². The Kier molecular flexibility index (Phi) is 4.39. The molecule has 1 heterocycles. The van der Waals surface area contributed by atoms with Crippen molar-refractivity contribution in [1.82, 2.24) is 0 Å². The lowest BCUT2D eigenvalue weighted by Gasteiger charge is -2.29. The number of amidine groups is 2. The molecule has 1 aliphatic heterocycles. The molecule has 1 aromatic rings. The second kappa shape index (κ2) is 6.46. The van der Waals surface area contributed by atoms with Crippen LogP contribution in [0.15, 0.2) is 57.9 Å². The summed E-state index contributed by atoms with van der Waals surface area (Å²) in [5.74, 6) is 1.98. The lowest BCUT2D eigenvalue weighted by molar-refractivity contribution is 0.212. The second-order valence-corrected chi connectivity index (χ2v) is 5.71. The van der Waals surface area contributed by atoms with Gasteiger partial charge in [0.1, 0.15) is 5.84 Å². The highest BCUT2D eigenvalue weighted by Crippen LogP contribution is 2.30. The molecular weight excluding hydrogens is 314 g/mol. The van der Waals surface area contributed by atoms with E-state index in [9.17, 15) is 0 Å². The lowest BCUT2D eigenvalue weighted by atomic mass is 9.91. The van der Waals surface area contributed by atoms with Crippen molar-refractivity contribution < 1.29 is 9.47 Å². The molecule has 0 spiro atoms. The van der Waals surface area contributed by atoms with E-state index >= 15 is 0 Å². The minimum absolute atomic E-state index is 0.0762. The van der Waals surface area contributed by atoms with Gasteiger partial charge >= 0.3 is 0 Å². The topological polar surface area (TPSA) is 55.2 Å². The normalized spacial score (nSPS) is 23.0. The summed E-state index contributed by atoms with van der Waals surface area (Å²) in [6.45, 7) is 2.05. The highest BCUT2D eigenvalue weighted by molar-refractivity contribution is 6.66. The average molecular weight is 332 g/mol. The molecule has 0 saturated carbocycles. The third-order valence-electron chi connectivity index (χ3n) is 3.81. The lowest BCUT2D eigenvalue weighted by Crippen LogP contribution is -2.36. The minimum atomic E-state index is -0.165. The first kappa shape index (κ1) is 15.6. The SMILES string of the molecule is COC1=CC2N=C(Cl)N=C(Nc3ccc(C)cc3)C2C=C1OC. The molecule has 2 atom stereocenters. The molecular formula is C17H18ClN3O2. The molecule has 0 saturated heterocycles. The third-order valence-corrected chi connectivity index (χ3v) is 3.99. The number of benzene rings is 1. The van der Waals surface area contributed by atoms with Crippen LogP contribution in [-0.4, -0.2) is 31.4 Å². The zero-order chi connectivity index (χ0) is 16.4. The molecule has 23 heavy (non-hydrogen) atoms. The molecule has 5 nitrogen and oxygen atoms in total. The summed E-state index contributed by atoms with van der Waals surface area (Å²) in [7, 11) is 3.22. The summed E-state index contributed by atoms with van der Waals surface area (Å²) < 4.78 is 10.7. The Balaban J connectivity index is 1.91. The summed E-state index contributed by atoms with van der Waals surface area (Å²) in [5, 5.41) is 3.55. The first-order valence-electron chi connectivity index (χ1n) is 7.28. The van der Waals surface area contributed by atoms with Crippen molar-refractivity contribution in [1.29, 1.82) is 0 Å². The number of rotatable bonds is 3. The van der Waals surface area contributed by atoms with Gasteiger partial charge in [0.25, 0.3) is 0 Å². The van der Waals surface area contributed by atoms with Crippen LogP contribution in [0.4, 0.5) is 5.69 Å². The monoisotopic (exact) mass is 331 g/mol. The number of anilines is 1. The van der Waals surface area contributed by atoms with Gasteiger partial charge < -0.3 is 14.8 Å². The number of hydrogen-bond acceptors (Lipinski definition) is 5. The number of nitrogens with one attached hydrogen (secondary N) is 1. The van der Waals surface area contributed by atoms with Crippen LogP contribution in [0.3, 0.4) is 0 Å². The van der Waals surface area contributed by atoms with Crippen molar-refractivity contribution in [3.05, 3.63) is 53.5 Å². The maximum atomic E-state index is 6.08. The summed E-state index contributed by atoms with van der Waals surface area (Å²) in [6, 6.07) is 7.93. The van der Waals surface area contributed by atoms with Crippen molar-refractivity contribution >= 4 is 28.4 Å². The first-order chi connectivity index (χ1) is 11.1. The number of aryl methyl sites for hydroxylation is 1. The zero-order valence-electron chi connectivity index (χ0n) is 13.2. The maximum Gasteiger partial charge on any atom is 0.220 e. The molecule has 2 unspecified atom stereocenters. The van der Waals surface area contributed by atoms with E-state index < -0.39 is 0 Å². The molecule has 120 valence electrons. The highest BCUT2D eigenvalue weighted by Gasteiger charge is 2.33.